The van der Waals surface area contributed by atoms with Gasteiger partial charge in [-0.2, -0.15) is 0 Å². The quantitative estimate of drug-likeness (QED) is 0.743. The molecule has 0 saturated carbocycles. The molecule has 1 aliphatic carbocycles. The molecule has 0 amide bonds. The highest BCUT2D eigenvalue weighted by Gasteiger charge is 2.35. The minimum atomic E-state index is -0.684. The molecule has 0 spiro atoms. The molecule has 0 N–H and O–H groups in total. The van der Waals surface area contributed by atoms with E-state index in [9.17, 15) is 4.79 Å². The van der Waals surface area contributed by atoms with Crippen molar-refractivity contribution in [3.63, 3.8) is 0 Å². The van der Waals surface area contributed by atoms with Crippen LogP contribution in [-0.4, -0.2) is 20.0 Å². The summed E-state index contributed by atoms with van der Waals surface area (Å²) in [7, 11) is 3.43. The molecule has 0 radical (unpaired) electrons. The van der Waals surface area contributed by atoms with Gasteiger partial charge in [-0.3, -0.25) is 4.79 Å². The third kappa shape index (κ3) is 3.73. The molecule has 4 bridgehead atoms. The predicted octanol–water partition coefficient (Wildman–Crippen LogP) is 5.26. The summed E-state index contributed by atoms with van der Waals surface area (Å²) in [6.07, 6.45) is 6.60. The summed E-state index contributed by atoms with van der Waals surface area (Å²) in [6, 6.07) is 12.4. The van der Waals surface area contributed by atoms with Crippen molar-refractivity contribution < 1.29 is 14.3 Å². The normalized spacial score (nSPS) is 16.4. The van der Waals surface area contributed by atoms with Gasteiger partial charge >= 0.3 is 0 Å². The number of carbonyl (C=O) groups excluding carboxylic acids is 1. The molecule has 3 rings (SSSR count). The molecule has 0 unspecified atom stereocenters. The summed E-state index contributed by atoms with van der Waals surface area (Å²) in [5.41, 5.74) is 3.75. The standard InChI is InChI=1S/C24H30O3/c1-17(25)24(2)20-11-13-22(26-3)18(15-20)9-7-5-6-8-10-19-16-21(24)12-14-23(19)27-4/h11-16H,5-10H2,1-4H3. The van der Waals surface area contributed by atoms with Crippen LogP contribution in [0.3, 0.4) is 0 Å². The fourth-order valence-corrected chi connectivity index (χ4v) is 4.13. The van der Waals surface area contributed by atoms with E-state index in [4.69, 9.17) is 9.47 Å². The highest BCUT2D eigenvalue weighted by atomic mass is 16.5. The number of hydrogen-bond acceptors (Lipinski definition) is 3. The second kappa shape index (κ2) is 8.16. The molecule has 0 aromatic heterocycles. The second-order valence-corrected chi connectivity index (χ2v) is 7.65. The van der Waals surface area contributed by atoms with Crippen LogP contribution in [0.25, 0.3) is 0 Å². The van der Waals surface area contributed by atoms with Crippen molar-refractivity contribution in [1.82, 2.24) is 0 Å². The molecule has 27 heavy (non-hydrogen) atoms. The van der Waals surface area contributed by atoms with E-state index in [1.807, 2.05) is 31.2 Å². The lowest BCUT2D eigenvalue weighted by atomic mass is 9.72. The van der Waals surface area contributed by atoms with Gasteiger partial charge in [0.05, 0.1) is 19.6 Å². The van der Waals surface area contributed by atoms with E-state index in [2.05, 4.69) is 12.1 Å². The summed E-state index contributed by atoms with van der Waals surface area (Å²) < 4.78 is 11.2. The summed E-state index contributed by atoms with van der Waals surface area (Å²) in [6.45, 7) is 3.72. The fourth-order valence-electron chi connectivity index (χ4n) is 4.13. The van der Waals surface area contributed by atoms with Gasteiger partial charge in [0.25, 0.3) is 0 Å². The molecule has 1 aliphatic rings. The molecule has 2 aromatic carbocycles. The maximum Gasteiger partial charge on any atom is 0.144 e. The molecule has 3 heteroatoms. The number of hydrogen-bond donors (Lipinski definition) is 0. The summed E-state index contributed by atoms with van der Waals surface area (Å²) in [4.78, 5) is 12.9. The van der Waals surface area contributed by atoms with Crippen molar-refractivity contribution in [1.29, 1.82) is 0 Å². The summed E-state index contributed by atoms with van der Waals surface area (Å²) >= 11 is 0. The average molecular weight is 367 g/mol. The van der Waals surface area contributed by atoms with Gasteiger partial charge in [0.1, 0.15) is 17.3 Å². The van der Waals surface area contributed by atoms with Gasteiger partial charge < -0.3 is 9.47 Å². The monoisotopic (exact) mass is 366 g/mol. The summed E-state index contributed by atoms with van der Waals surface area (Å²) in [5, 5.41) is 0. The molecule has 0 atom stereocenters. The van der Waals surface area contributed by atoms with E-state index < -0.39 is 5.41 Å². The first-order chi connectivity index (χ1) is 13.0. The summed E-state index contributed by atoms with van der Waals surface area (Å²) in [5.74, 6) is 1.97. The Morgan fingerprint density at radius 1 is 0.815 bits per heavy atom. The second-order valence-electron chi connectivity index (χ2n) is 7.65. The highest BCUT2D eigenvalue weighted by molar-refractivity contribution is 5.91. The van der Waals surface area contributed by atoms with E-state index in [-0.39, 0.29) is 5.78 Å². The maximum atomic E-state index is 12.9. The molecule has 2 aromatic rings. The minimum absolute atomic E-state index is 0.143. The van der Waals surface area contributed by atoms with Crippen LogP contribution in [0.5, 0.6) is 11.5 Å². The Labute approximate surface area is 162 Å². The van der Waals surface area contributed by atoms with Crippen LogP contribution < -0.4 is 9.47 Å². The van der Waals surface area contributed by atoms with E-state index in [1.165, 1.54) is 24.0 Å². The van der Waals surface area contributed by atoms with Crippen LogP contribution in [0.4, 0.5) is 0 Å². The zero-order chi connectivity index (χ0) is 19.4. The molecule has 0 fully saturated rings. The minimum Gasteiger partial charge on any atom is -0.496 e. The zero-order valence-electron chi connectivity index (χ0n) is 16.9. The number of Topliss-reactive ketones (excluding diaryl/α,β-unsaturated/α-hetero) is 1. The van der Waals surface area contributed by atoms with Gasteiger partial charge in [-0.05, 0) is 73.9 Å². The molecule has 0 aliphatic heterocycles. The number of ketones is 1. The number of methoxy groups -OCH3 is 2. The smallest absolute Gasteiger partial charge is 0.144 e. The number of rotatable bonds is 3. The van der Waals surface area contributed by atoms with Gasteiger partial charge in [0.15, 0.2) is 0 Å². The topological polar surface area (TPSA) is 35.5 Å². The maximum absolute atomic E-state index is 12.9. The third-order valence-electron chi connectivity index (χ3n) is 6.06. The number of aryl methyl sites for hydroxylation is 2. The van der Waals surface area contributed by atoms with Crippen LogP contribution in [0.1, 0.15) is 61.8 Å². The van der Waals surface area contributed by atoms with Crippen molar-refractivity contribution in [3.05, 3.63) is 58.7 Å². The van der Waals surface area contributed by atoms with Crippen molar-refractivity contribution in [3.8, 4) is 11.5 Å². The molecular formula is C24H30O3. The Morgan fingerprint density at radius 2 is 1.26 bits per heavy atom. The average Bonchev–Trinajstić information content (AvgIpc) is 2.69. The van der Waals surface area contributed by atoms with E-state index in [0.717, 1.165) is 48.3 Å². The number of fused-ring (bicyclic) bond motifs is 4. The van der Waals surface area contributed by atoms with Gasteiger partial charge in [-0.1, -0.05) is 37.1 Å². The van der Waals surface area contributed by atoms with Crippen molar-refractivity contribution in [2.45, 2.75) is 57.8 Å². The fraction of sp³-hybridized carbons (Fsp3) is 0.458. The Hall–Kier alpha value is -2.29. The van der Waals surface area contributed by atoms with Crippen molar-refractivity contribution in [2.75, 3.05) is 14.2 Å². The van der Waals surface area contributed by atoms with Crippen LogP contribution in [0.15, 0.2) is 36.4 Å². The Morgan fingerprint density at radius 3 is 1.63 bits per heavy atom. The first-order valence-corrected chi connectivity index (χ1v) is 9.86. The van der Waals surface area contributed by atoms with Gasteiger partial charge in [0.2, 0.25) is 0 Å². The van der Waals surface area contributed by atoms with E-state index in [1.54, 1.807) is 21.1 Å². The van der Waals surface area contributed by atoms with Gasteiger partial charge in [-0.15, -0.1) is 0 Å². The zero-order valence-corrected chi connectivity index (χ0v) is 16.9. The largest absolute Gasteiger partial charge is 0.496 e. The van der Waals surface area contributed by atoms with Crippen LogP contribution in [-0.2, 0) is 23.1 Å². The molecule has 3 nitrogen and oxygen atoms in total. The van der Waals surface area contributed by atoms with Gasteiger partial charge in [-0.25, -0.2) is 0 Å². The third-order valence-corrected chi connectivity index (χ3v) is 6.06. The SMILES string of the molecule is COc1ccc2cc1CCCCCCc1cc(ccc1OC)C2(C)C(C)=O. The first-order valence-electron chi connectivity index (χ1n) is 9.86. The van der Waals surface area contributed by atoms with Crippen LogP contribution in [0, 0.1) is 0 Å². The molecule has 144 valence electrons. The Balaban J connectivity index is 2.21. The predicted molar refractivity (Wildman–Crippen MR) is 109 cm³/mol. The highest BCUT2D eigenvalue weighted by Crippen LogP contribution is 2.38. The lowest BCUT2D eigenvalue weighted by molar-refractivity contribution is -0.120. The molecule has 0 heterocycles. The van der Waals surface area contributed by atoms with E-state index >= 15 is 0 Å². The molecule has 0 saturated heterocycles. The molecular weight excluding hydrogens is 336 g/mol. The Kier molecular flexibility index (Phi) is 5.88. The van der Waals surface area contributed by atoms with E-state index in [0.29, 0.717) is 0 Å². The van der Waals surface area contributed by atoms with Crippen molar-refractivity contribution in [2.24, 2.45) is 0 Å². The number of benzene rings is 2. The lowest BCUT2D eigenvalue weighted by Crippen LogP contribution is -2.32. The van der Waals surface area contributed by atoms with Crippen LogP contribution in [0.2, 0.25) is 0 Å². The first kappa shape index (κ1) is 19.5. The number of ether oxygens (including phenoxy) is 2. The van der Waals surface area contributed by atoms with Crippen molar-refractivity contribution >= 4 is 5.78 Å². The van der Waals surface area contributed by atoms with Gasteiger partial charge in [0, 0.05) is 0 Å². The number of carbonyl (C=O) groups is 1. The van der Waals surface area contributed by atoms with Crippen LogP contribution >= 0.6 is 0 Å². The lowest BCUT2D eigenvalue weighted by Gasteiger charge is -2.30. The Bertz CT molecular complexity index is 763.